The van der Waals surface area contributed by atoms with Gasteiger partial charge in [0.15, 0.2) is 11.5 Å². The Morgan fingerprint density at radius 3 is 2.53 bits per heavy atom. The molecule has 6 nitrogen and oxygen atoms in total. The number of fused-ring (bicyclic) bond motifs is 1. The number of ketones is 1. The van der Waals surface area contributed by atoms with E-state index in [1.165, 1.54) is 36.3 Å². The number of hydrogen-bond acceptors (Lipinski definition) is 5. The number of furan rings is 1. The molecule has 0 aliphatic carbocycles. The summed E-state index contributed by atoms with van der Waals surface area (Å²) in [6.45, 7) is 0. The number of aliphatic hydroxyl groups is 1. The van der Waals surface area contributed by atoms with Crippen molar-refractivity contribution in [3.63, 3.8) is 0 Å². The first kappa shape index (κ1) is 21.7. The van der Waals surface area contributed by atoms with E-state index in [9.17, 15) is 19.1 Å². The van der Waals surface area contributed by atoms with Crippen LogP contribution in [-0.4, -0.2) is 23.9 Å². The predicted molar refractivity (Wildman–Crippen MR) is 125 cm³/mol. The second kappa shape index (κ2) is 8.35. The lowest BCUT2D eigenvalue weighted by atomic mass is 9.94. The van der Waals surface area contributed by atoms with Gasteiger partial charge in [0.25, 0.3) is 5.91 Å². The summed E-state index contributed by atoms with van der Waals surface area (Å²) >= 11 is 6.03. The lowest BCUT2D eigenvalue weighted by molar-refractivity contribution is -0.117. The zero-order valence-electron chi connectivity index (χ0n) is 17.8. The third-order valence-electron chi connectivity index (χ3n) is 5.71. The molecule has 0 bridgehead atoms. The highest BCUT2D eigenvalue weighted by Crippen LogP contribution is 2.43. The van der Waals surface area contributed by atoms with Gasteiger partial charge in [-0.3, -0.25) is 14.5 Å². The summed E-state index contributed by atoms with van der Waals surface area (Å²) in [6, 6.07) is 17.3. The molecule has 34 heavy (non-hydrogen) atoms. The van der Waals surface area contributed by atoms with Crippen LogP contribution >= 0.6 is 11.6 Å². The first-order valence-electron chi connectivity index (χ1n) is 10.3. The highest BCUT2D eigenvalue weighted by molar-refractivity contribution is 6.31. The van der Waals surface area contributed by atoms with Crippen LogP contribution in [0.2, 0.25) is 5.02 Å². The molecule has 1 aromatic heterocycles. The summed E-state index contributed by atoms with van der Waals surface area (Å²) < 4.78 is 25.8. The summed E-state index contributed by atoms with van der Waals surface area (Å²) in [5.41, 5.74) is 0.533. The summed E-state index contributed by atoms with van der Waals surface area (Å²) in [5.74, 6) is -2.53. The van der Waals surface area contributed by atoms with Gasteiger partial charge in [-0.1, -0.05) is 29.8 Å². The molecule has 1 aliphatic rings. The second-order valence-corrected chi connectivity index (χ2v) is 8.12. The van der Waals surface area contributed by atoms with Crippen LogP contribution in [0.1, 0.15) is 22.2 Å². The normalized spacial score (nSPS) is 15.9. The minimum Gasteiger partial charge on any atom is -0.503 e. The van der Waals surface area contributed by atoms with Gasteiger partial charge in [-0.05, 0) is 54.6 Å². The average molecular weight is 478 g/mol. The first-order valence-corrected chi connectivity index (χ1v) is 10.7. The van der Waals surface area contributed by atoms with Gasteiger partial charge in [0.05, 0.1) is 18.7 Å². The Bertz CT molecular complexity index is 1470. The van der Waals surface area contributed by atoms with Crippen LogP contribution in [0.15, 0.2) is 88.5 Å². The second-order valence-electron chi connectivity index (χ2n) is 7.68. The number of methoxy groups -OCH3 is 1. The van der Waals surface area contributed by atoms with Gasteiger partial charge >= 0.3 is 0 Å². The molecule has 3 aromatic carbocycles. The number of ether oxygens (including phenoxy) is 1. The van der Waals surface area contributed by atoms with Gasteiger partial charge in [0.2, 0.25) is 5.78 Å². The topological polar surface area (TPSA) is 80.0 Å². The van der Waals surface area contributed by atoms with E-state index in [1.54, 1.807) is 48.5 Å². The van der Waals surface area contributed by atoms with Gasteiger partial charge < -0.3 is 14.3 Å². The van der Waals surface area contributed by atoms with Crippen LogP contribution in [0.25, 0.3) is 11.0 Å². The maximum absolute atomic E-state index is 14.9. The highest BCUT2D eigenvalue weighted by atomic mass is 35.5. The van der Waals surface area contributed by atoms with Gasteiger partial charge in [0, 0.05) is 21.7 Å². The van der Waals surface area contributed by atoms with Crippen molar-refractivity contribution in [2.24, 2.45) is 0 Å². The Hall–Kier alpha value is -4.10. The van der Waals surface area contributed by atoms with Crippen molar-refractivity contribution in [3.8, 4) is 5.75 Å². The minimum absolute atomic E-state index is 0.0539. The molecule has 5 rings (SSSR count). The largest absolute Gasteiger partial charge is 0.503 e. The van der Waals surface area contributed by atoms with E-state index in [2.05, 4.69) is 0 Å². The maximum Gasteiger partial charge on any atom is 0.294 e. The number of benzene rings is 3. The van der Waals surface area contributed by atoms with E-state index < -0.39 is 29.3 Å². The number of Topliss-reactive ketones (excluding diaryl/α,β-unsaturated/α-hetero) is 1. The Kier molecular flexibility index (Phi) is 5.34. The SMILES string of the molecule is COc1ccc(N2C(=O)C(O)=C(C(=O)c3cc4cc(Cl)ccc4o3)C2c2ccccc2F)cc1. The summed E-state index contributed by atoms with van der Waals surface area (Å²) in [4.78, 5) is 27.9. The Balaban J connectivity index is 1.66. The van der Waals surface area contributed by atoms with E-state index in [0.29, 0.717) is 27.4 Å². The standard InChI is InChI=1S/C26H17ClFNO5/c1-33-17-9-7-16(8-10-17)29-23(18-4-2-3-5-19(18)28)22(25(31)26(29)32)24(30)21-13-14-12-15(27)6-11-20(14)34-21/h2-13,23,31H,1H3. The summed E-state index contributed by atoms with van der Waals surface area (Å²) in [6.07, 6.45) is 0. The third-order valence-corrected chi connectivity index (χ3v) is 5.94. The van der Waals surface area contributed by atoms with Crippen molar-refractivity contribution in [1.82, 2.24) is 0 Å². The number of carbonyl (C=O) groups is 2. The number of aliphatic hydroxyl groups excluding tert-OH is 1. The molecule has 1 atom stereocenters. The van der Waals surface area contributed by atoms with Crippen LogP contribution in [0.3, 0.4) is 0 Å². The third kappa shape index (κ3) is 3.50. The Morgan fingerprint density at radius 1 is 1.09 bits per heavy atom. The molecular formula is C26H17ClFNO5. The summed E-state index contributed by atoms with van der Waals surface area (Å²) in [7, 11) is 1.50. The summed E-state index contributed by atoms with van der Waals surface area (Å²) in [5, 5.41) is 11.9. The van der Waals surface area contributed by atoms with Crippen molar-refractivity contribution >= 4 is 39.9 Å². The molecule has 1 aliphatic heterocycles. The van der Waals surface area contributed by atoms with Crippen LogP contribution < -0.4 is 9.64 Å². The fourth-order valence-corrected chi connectivity index (χ4v) is 4.28. The van der Waals surface area contributed by atoms with Crippen molar-refractivity contribution in [2.45, 2.75) is 6.04 Å². The average Bonchev–Trinajstić information content (AvgIpc) is 3.37. The zero-order chi connectivity index (χ0) is 24.0. The number of anilines is 1. The number of carbonyl (C=O) groups excluding carboxylic acids is 2. The van der Waals surface area contributed by atoms with E-state index >= 15 is 0 Å². The molecular weight excluding hydrogens is 461 g/mol. The van der Waals surface area contributed by atoms with Crippen LogP contribution in [-0.2, 0) is 4.79 Å². The van der Waals surface area contributed by atoms with Crippen molar-refractivity contribution in [1.29, 1.82) is 0 Å². The molecule has 0 saturated heterocycles. The van der Waals surface area contributed by atoms with E-state index in [4.69, 9.17) is 20.8 Å². The van der Waals surface area contributed by atoms with Gasteiger partial charge in [-0.15, -0.1) is 0 Å². The van der Waals surface area contributed by atoms with E-state index in [1.807, 2.05) is 0 Å². The van der Waals surface area contributed by atoms with Crippen molar-refractivity contribution in [2.75, 3.05) is 12.0 Å². The molecule has 4 aromatic rings. The molecule has 0 spiro atoms. The molecule has 170 valence electrons. The molecule has 0 fully saturated rings. The fraction of sp³-hybridized carbons (Fsp3) is 0.0769. The molecule has 0 saturated carbocycles. The van der Waals surface area contributed by atoms with Crippen molar-refractivity contribution < 1.29 is 28.2 Å². The predicted octanol–water partition coefficient (Wildman–Crippen LogP) is 6.02. The smallest absolute Gasteiger partial charge is 0.294 e. The molecule has 0 radical (unpaired) electrons. The number of nitrogens with zero attached hydrogens (tertiary/aromatic N) is 1. The molecule has 2 heterocycles. The van der Waals surface area contributed by atoms with E-state index in [0.717, 1.165) is 0 Å². The molecule has 1 N–H and O–H groups in total. The highest BCUT2D eigenvalue weighted by Gasteiger charge is 2.46. The minimum atomic E-state index is -1.22. The fourth-order valence-electron chi connectivity index (χ4n) is 4.10. The monoisotopic (exact) mass is 477 g/mol. The lowest BCUT2D eigenvalue weighted by Gasteiger charge is -2.27. The van der Waals surface area contributed by atoms with Crippen molar-refractivity contribution in [3.05, 3.63) is 106 Å². The number of amides is 1. The molecule has 1 amide bonds. The zero-order valence-corrected chi connectivity index (χ0v) is 18.5. The quantitative estimate of drug-likeness (QED) is 0.356. The Labute approximate surface area is 198 Å². The van der Waals surface area contributed by atoms with Crippen LogP contribution in [0.4, 0.5) is 10.1 Å². The van der Waals surface area contributed by atoms with Gasteiger partial charge in [-0.25, -0.2) is 4.39 Å². The van der Waals surface area contributed by atoms with E-state index in [-0.39, 0.29) is 16.9 Å². The molecule has 1 unspecified atom stereocenters. The maximum atomic E-state index is 14.9. The number of rotatable bonds is 5. The van der Waals surface area contributed by atoms with Crippen LogP contribution in [0, 0.1) is 5.82 Å². The lowest BCUT2D eigenvalue weighted by Crippen LogP contribution is -2.31. The Morgan fingerprint density at radius 2 is 1.82 bits per heavy atom. The first-order chi connectivity index (χ1) is 16.4. The van der Waals surface area contributed by atoms with Gasteiger partial charge in [-0.2, -0.15) is 0 Å². The van der Waals surface area contributed by atoms with Crippen LogP contribution in [0.5, 0.6) is 5.75 Å². The number of hydrogen-bond donors (Lipinski definition) is 1. The van der Waals surface area contributed by atoms with Gasteiger partial charge in [0.1, 0.15) is 17.1 Å². The molecule has 8 heteroatoms. The number of halogens is 2.